The quantitative estimate of drug-likeness (QED) is 0.142. The van der Waals surface area contributed by atoms with Crippen LogP contribution in [0.15, 0.2) is 249 Å². The maximum absolute atomic E-state index is 9.64. The molecule has 0 spiro atoms. The molecule has 0 aliphatic rings. The van der Waals surface area contributed by atoms with Gasteiger partial charge in [0.05, 0.1) is 11.0 Å². The number of hydrogen-bond donors (Lipinski definition) is 0. The van der Waals surface area contributed by atoms with Gasteiger partial charge in [-0.25, -0.2) is 0 Å². The maximum atomic E-state index is 9.64. The SMILES string of the molecule is [2H]c1c([2H])c(N(c2ccc(-c3cc(-c4ccccc4)cc(-c4ccccc4)c3)cc2)c2c([2H])c([2H])c(-c3cccc(-c4cccc5ccccc45)c3)c([2H])c2[2H])c([2H])c([2H])c1-c1ccccc1. The summed E-state index contributed by atoms with van der Waals surface area (Å²) < 4.78 is 75.8. The van der Waals surface area contributed by atoms with Crippen molar-refractivity contribution in [1.29, 1.82) is 0 Å². The van der Waals surface area contributed by atoms with E-state index in [9.17, 15) is 11.0 Å². The average molecular weight is 760 g/mol. The van der Waals surface area contributed by atoms with E-state index < -0.39 is 24.2 Å². The van der Waals surface area contributed by atoms with Crippen LogP contribution in [-0.2, 0) is 0 Å². The van der Waals surface area contributed by atoms with Crippen LogP contribution in [0.3, 0.4) is 0 Å². The van der Waals surface area contributed by atoms with E-state index in [4.69, 9.17) is 0 Å². The van der Waals surface area contributed by atoms with Gasteiger partial charge < -0.3 is 4.90 Å². The number of rotatable bonds is 9. The largest absolute Gasteiger partial charge is 0.311 e. The van der Waals surface area contributed by atoms with E-state index in [0.29, 0.717) is 16.8 Å². The van der Waals surface area contributed by atoms with Crippen molar-refractivity contribution in [2.24, 2.45) is 0 Å². The predicted octanol–water partition coefficient (Wildman–Crippen LogP) is 16.3. The standard InChI is InChI=1S/C58H41N/c1-4-14-42(15-5-1)45-26-32-54(33-27-45)59(55-34-28-46(29-35-55)49-22-12-23-50(38-49)58-25-13-21-48-20-10-11-24-57(48)58)56-36-30-47(31-37-56)53-40-51(43-16-6-2-7-17-43)39-52(41-53)44-18-8-3-9-19-44/h1-41H/i26D,27D,28D,29D,32D,33D,34D,35D. The lowest BCUT2D eigenvalue weighted by Crippen LogP contribution is -2.09. The minimum atomic E-state index is -0.400. The number of hydrogen-bond acceptors (Lipinski definition) is 1. The first-order chi connectivity index (χ1) is 32.6. The number of benzene rings is 10. The van der Waals surface area contributed by atoms with Gasteiger partial charge in [0.1, 0.15) is 0 Å². The van der Waals surface area contributed by atoms with Gasteiger partial charge in [0.15, 0.2) is 0 Å². The molecular weight excluding hydrogens is 711 g/mol. The minimum absolute atomic E-state index is 0.0997. The zero-order valence-corrected chi connectivity index (χ0v) is 32.0. The smallest absolute Gasteiger partial charge is 0.0645 e. The van der Waals surface area contributed by atoms with Crippen molar-refractivity contribution >= 4 is 27.8 Å². The van der Waals surface area contributed by atoms with E-state index in [0.717, 1.165) is 55.3 Å². The van der Waals surface area contributed by atoms with E-state index in [-0.39, 0.29) is 46.7 Å². The lowest BCUT2D eigenvalue weighted by atomic mass is 9.93. The molecule has 10 rings (SSSR count). The van der Waals surface area contributed by atoms with Crippen molar-refractivity contribution in [3.05, 3.63) is 249 Å². The van der Waals surface area contributed by atoms with Crippen LogP contribution in [0, 0.1) is 0 Å². The lowest BCUT2D eigenvalue weighted by molar-refractivity contribution is 1.28. The van der Waals surface area contributed by atoms with Gasteiger partial charge >= 0.3 is 0 Å². The Morgan fingerprint density at radius 2 is 0.644 bits per heavy atom. The van der Waals surface area contributed by atoms with Gasteiger partial charge in [-0.2, -0.15) is 0 Å². The summed E-state index contributed by atoms with van der Waals surface area (Å²) in [7, 11) is 0. The molecule has 10 aromatic rings. The fraction of sp³-hybridized carbons (Fsp3) is 0. The molecule has 10 aromatic carbocycles. The normalized spacial score (nSPS) is 12.9. The second-order valence-corrected chi connectivity index (χ2v) is 14.3. The van der Waals surface area contributed by atoms with E-state index in [1.807, 2.05) is 115 Å². The second kappa shape index (κ2) is 16.0. The minimum Gasteiger partial charge on any atom is -0.311 e. The highest BCUT2D eigenvalue weighted by Crippen LogP contribution is 2.40. The summed E-state index contributed by atoms with van der Waals surface area (Å²) in [6.45, 7) is 0. The number of anilines is 3. The fourth-order valence-electron chi connectivity index (χ4n) is 7.61. The highest BCUT2D eigenvalue weighted by atomic mass is 15.1. The van der Waals surface area contributed by atoms with Crippen molar-refractivity contribution in [3.63, 3.8) is 0 Å². The monoisotopic (exact) mass is 759 g/mol. The topological polar surface area (TPSA) is 3.24 Å². The molecule has 0 unspecified atom stereocenters. The Morgan fingerprint density at radius 1 is 0.254 bits per heavy atom. The van der Waals surface area contributed by atoms with Crippen LogP contribution in [0.1, 0.15) is 11.0 Å². The van der Waals surface area contributed by atoms with Gasteiger partial charge in [0, 0.05) is 17.1 Å². The van der Waals surface area contributed by atoms with Gasteiger partial charge in [-0.15, -0.1) is 0 Å². The lowest BCUT2D eigenvalue weighted by Gasteiger charge is -2.26. The molecule has 0 aromatic heterocycles. The Morgan fingerprint density at radius 3 is 1.20 bits per heavy atom. The molecule has 1 nitrogen and oxygen atoms in total. The Hall–Kier alpha value is -7.74. The zero-order chi connectivity index (χ0) is 46.3. The van der Waals surface area contributed by atoms with Gasteiger partial charge in [0.2, 0.25) is 0 Å². The van der Waals surface area contributed by atoms with Crippen LogP contribution in [-0.4, -0.2) is 0 Å². The summed E-state index contributed by atoms with van der Waals surface area (Å²) in [5.41, 5.74) is 8.88. The molecule has 0 atom stereocenters. The van der Waals surface area contributed by atoms with E-state index in [2.05, 4.69) is 42.5 Å². The van der Waals surface area contributed by atoms with E-state index in [1.165, 1.54) is 4.90 Å². The predicted molar refractivity (Wildman–Crippen MR) is 251 cm³/mol. The number of nitrogens with zero attached hydrogens (tertiary/aromatic N) is 1. The van der Waals surface area contributed by atoms with Gasteiger partial charge in [-0.1, -0.05) is 188 Å². The molecule has 1 heteroatoms. The Labute approximate surface area is 358 Å². The van der Waals surface area contributed by atoms with Gasteiger partial charge in [-0.3, -0.25) is 0 Å². The molecular formula is C58H41N. The molecule has 0 N–H and O–H groups in total. The Kier molecular flexibility index (Phi) is 7.54. The van der Waals surface area contributed by atoms with Crippen LogP contribution >= 0.6 is 0 Å². The van der Waals surface area contributed by atoms with Gasteiger partial charge in [-0.05, 0) is 138 Å². The van der Waals surface area contributed by atoms with Crippen LogP contribution < -0.4 is 4.90 Å². The van der Waals surface area contributed by atoms with Gasteiger partial charge in [0.25, 0.3) is 0 Å². The molecule has 0 saturated carbocycles. The second-order valence-electron chi connectivity index (χ2n) is 14.3. The third-order valence-corrected chi connectivity index (χ3v) is 10.6. The van der Waals surface area contributed by atoms with Crippen LogP contribution in [0.2, 0.25) is 0 Å². The molecule has 0 aliphatic carbocycles. The molecule has 0 fully saturated rings. The van der Waals surface area contributed by atoms with Crippen molar-refractivity contribution in [3.8, 4) is 66.8 Å². The van der Waals surface area contributed by atoms with Crippen molar-refractivity contribution in [1.82, 2.24) is 0 Å². The fourth-order valence-corrected chi connectivity index (χ4v) is 7.61. The summed E-state index contributed by atoms with van der Waals surface area (Å²) in [6, 6.07) is 61.6. The van der Waals surface area contributed by atoms with Crippen LogP contribution in [0.25, 0.3) is 77.5 Å². The molecule has 59 heavy (non-hydrogen) atoms. The highest BCUT2D eigenvalue weighted by molar-refractivity contribution is 5.97. The molecule has 0 amide bonds. The van der Waals surface area contributed by atoms with Crippen molar-refractivity contribution < 1.29 is 11.0 Å². The first-order valence-electron chi connectivity index (χ1n) is 23.6. The van der Waals surface area contributed by atoms with E-state index >= 15 is 0 Å². The summed E-state index contributed by atoms with van der Waals surface area (Å²) in [4.78, 5) is 1.35. The first-order valence-corrected chi connectivity index (χ1v) is 19.6. The average Bonchev–Trinajstić information content (AvgIpc) is 3.38. The number of fused-ring (bicyclic) bond motifs is 1. The summed E-state index contributed by atoms with van der Waals surface area (Å²) in [6.07, 6.45) is 0. The summed E-state index contributed by atoms with van der Waals surface area (Å²) in [5.74, 6) is 0. The maximum Gasteiger partial charge on any atom is 0.0645 e. The first kappa shape index (κ1) is 27.8. The molecule has 0 heterocycles. The van der Waals surface area contributed by atoms with E-state index in [1.54, 1.807) is 42.5 Å². The highest BCUT2D eigenvalue weighted by Gasteiger charge is 2.15. The van der Waals surface area contributed by atoms with Crippen molar-refractivity contribution in [2.75, 3.05) is 4.90 Å². The third kappa shape index (κ3) is 7.46. The molecule has 0 radical (unpaired) electrons. The van der Waals surface area contributed by atoms with Crippen molar-refractivity contribution in [2.45, 2.75) is 0 Å². The Bertz CT molecular complexity index is 3370. The summed E-state index contributed by atoms with van der Waals surface area (Å²) in [5, 5.41) is 2.10. The summed E-state index contributed by atoms with van der Waals surface area (Å²) >= 11 is 0. The van der Waals surface area contributed by atoms with Crippen LogP contribution in [0.4, 0.5) is 17.1 Å². The zero-order valence-electron chi connectivity index (χ0n) is 40.0. The molecule has 0 aliphatic heterocycles. The third-order valence-electron chi connectivity index (χ3n) is 10.6. The Balaban J connectivity index is 1.15. The molecule has 0 saturated heterocycles. The van der Waals surface area contributed by atoms with Crippen LogP contribution in [0.5, 0.6) is 0 Å². The molecule has 0 bridgehead atoms. The molecule has 278 valence electrons.